The number of hydrogen-bond donors (Lipinski definition) is 4. The van der Waals surface area contributed by atoms with Crippen LogP contribution < -0.4 is 22.0 Å². The maximum absolute atomic E-state index is 11.8. The summed E-state index contributed by atoms with van der Waals surface area (Å²) >= 11 is 1.53. The Kier molecular flexibility index (Phi) is 4.05. The third-order valence-corrected chi connectivity index (χ3v) is 5.11. The zero-order chi connectivity index (χ0) is 16.5. The largest absolute Gasteiger partial charge is 0.359 e. The second-order valence-electron chi connectivity index (χ2n) is 6.01. The van der Waals surface area contributed by atoms with Crippen LogP contribution in [0.5, 0.6) is 0 Å². The van der Waals surface area contributed by atoms with Crippen LogP contribution >= 0.6 is 11.3 Å². The second kappa shape index (κ2) is 6.34. The number of anilines is 2. The number of thiazole rings is 1. The molecule has 0 radical (unpaired) electrons. The van der Waals surface area contributed by atoms with Crippen molar-refractivity contribution in [1.82, 2.24) is 15.4 Å². The van der Waals surface area contributed by atoms with Gasteiger partial charge in [0.15, 0.2) is 5.13 Å². The molecule has 1 amide bonds. The fourth-order valence-electron chi connectivity index (χ4n) is 3.01. The van der Waals surface area contributed by atoms with Crippen molar-refractivity contribution in [3.05, 3.63) is 23.2 Å². The van der Waals surface area contributed by atoms with Gasteiger partial charge in [0.05, 0.1) is 5.56 Å². The standard InChI is InChI=1S/C15H18N6O2S/c16-8-1-3-9(4-2-8)18-15-19-11(7-24-15)13-12-10(5-6-17-13)14(22)21-23-20-12/h5-9,20H,1-4,16H2,(H,18,19)(H,21,22). The number of rotatable bonds is 3. The molecule has 2 aromatic rings. The van der Waals surface area contributed by atoms with E-state index in [1.165, 1.54) is 11.3 Å². The number of hydroxylamine groups is 1. The Morgan fingerprint density at radius 2 is 2.12 bits per heavy atom. The summed E-state index contributed by atoms with van der Waals surface area (Å²) < 4.78 is 0. The average Bonchev–Trinajstić information content (AvgIpc) is 3.05. The lowest BCUT2D eigenvalue weighted by molar-refractivity contribution is 0.0482. The van der Waals surface area contributed by atoms with Crippen LogP contribution in [0.1, 0.15) is 36.0 Å². The van der Waals surface area contributed by atoms with Crippen LogP contribution in [0.4, 0.5) is 10.8 Å². The third-order valence-electron chi connectivity index (χ3n) is 4.34. The molecule has 126 valence electrons. The quantitative estimate of drug-likeness (QED) is 0.671. The van der Waals surface area contributed by atoms with Crippen molar-refractivity contribution < 1.29 is 9.73 Å². The minimum Gasteiger partial charge on any atom is -0.359 e. The first-order chi connectivity index (χ1) is 11.7. The van der Waals surface area contributed by atoms with Crippen LogP contribution in [0.2, 0.25) is 0 Å². The fourth-order valence-corrected chi connectivity index (χ4v) is 3.79. The molecule has 1 aliphatic heterocycles. The molecular weight excluding hydrogens is 328 g/mol. The molecule has 0 unspecified atom stereocenters. The van der Waals surface area contributed by atoms with Gasteiger partial charge in [-0.1, -0.05) is 0 Å². The summed E-state index contributed by atoms with van der Waals surface area (Å²) in [7, 11) is 0. The van der Waals surface area contributed by atoms with Crippen molar-refractivity contribution in [2.75, 3.05) is 10.8 Å². The van der Waals surface area contributed by atoms with Crippen molar-refractivity contribution in [2.24, 2.45) is 5.73 Å². The van der Waals surface area contributed by atoms with E-state index in [-0.39, 0.29) is 5.91 Å². The highest BCUT2D eigenvalue weighted by atomic mass is 32.1. The Labute approximate surface area is 142 Å². The molecule has 3 heterocycles. The Bertz CT molecular complexity index is 756. The van der Waals surface area contributed by atoms with E-state index >= 15 is 0 Å². The number of carbonyl (C=O) groups excluding carboxylic acids is 1. The van der Waals surface area contributed by atoms with Crippen LogP contribution in [0.15, 0.2) is 17.6 Å². The molecule has 1 aliphatic carbocycles. The molecule has 9 heteroatoms. The van der Waals surface area contributed by atoms with E-state index in [1.807, 2.05) is 5.38 Å². The highest BCUT2D eigenvalue weighted by Crippen LogP contribution is 2.33. The number of pyridine rings is 1. The number of aromatic nitrogens is 2. The van der Waals surface area contributed by atoms with Crippen molar-refractivity contribution in [3.8, 4) is 11.4 Å². The van der Waals surface area contributed by atoms with E-state index in [4.69, 9.17) is 10.7 Å². The van der Waals surface area contributed by atoms with Crippen molar-refractivity contribution in [3.63, 3.8) is 0 Å². The SMILES string of the molecule is NC1CCC(Nc2nc(-c3nccc4c3NONC4=O)cs2)CC1. The van der Waals surface area contributed by atoms with Gasteiger partial charge in [0, 0.05) is 23.7 Å². The maximum Gasteiger partial charge on any atom is 0.279 e. The molecule has 4 rings (SSSR count). The second-order valence-corrected chi connectivity index (χ2v) is 6.87. The summed E-state index contributed by atoms with van der Waals surface area (Å²) in [6.07, 6.45) is 5.80. The molecule has 0 atom stereocenters. The van der Waals surface area contributed by atoms with Gasteiger partial charge in [0.2, 0.25) is 0 Å². The first kappa shape index (κ1) is 15.3. The van der Waals surface area contributed by atoms with Crippen LogP contribution in [-0.4, -0.2) is 28.0 Å². The summed E-state index contributed by atoms with van der Waals surface area (Å²) in [4.78, 5) is 25.6. The zero-order valence-corrected chi connectivity index (χ0v) is 13.7. The van der Waals surface area contributed by atoms with Gasteiger partial charge in [0.1, 0.15) is 17.1 Å². The van der Waals surface area contributed by atoms with E-state index in [1.54, 1.807) is 12.3 Å². The normalized spacial score (nSPS) is 23.1. The summed E-state index contributed by atoms with van der Waals surface area (Å²) in [5.41, 5.74) is 13.2. The lowest BCUT2D eigenvalue weighted by Gasteiger charge is -2.26. The molecular formula is C15H18N6O2S. The van der Waals surface area contributed by atoms with Crippen molar-refractivity contribution >= 4 is 28.1 Å². The van der Waals surface area contributed by atoms with Gasteiger partial charge < -0.3 is 11.1 Å². The molecule has 1 saturated carbocycles. The first-order valence-electron chi connectivity index (χ1n) is 7.90. The minimum absolute atomic E-state index is 0.306. The van der Waals surface area contributed by atoms with E-state index in [0.29, 0.717) is 34.7 Å². The summed E-state index contributed by atoms with van der Waals surface area (Å²) in [6, 6.07) is 2.38. The predicted octanol–water partition coefficient (Wildman–Crippen LogP) is 1.89. The van der Waals surface area contributed by atoms with Crippen LogP contribution in [0.3, 0.4) is 0 Å². The molecule has 5 N–H and O–H groups in total. The molecule has 0 aromatic carbocycles. The van der Waals surface area contributed by atoms with Gasteiger partial charge in [-0.25, -0.2) is 15.9 Å². The molecule has 8 nitrogen and oxygen atoms in total. The number of fused-ring (bicyclic) bond motifs is 1. The van der Waals surface area contributed by atoms with Gasteiger partial charge in [-0.15, -0.1) is 11.3 Å². The van der Waals surface area contributed by atoms with E-state index in [2.05, 4.69) is 26.2 Å². The summed E-state index contributed by atoms with van der Waals surface area (Å²) in [6.45, 7) is 0. The van der Waals surface area contributed by atoms with Crippen molar-refractivity contribution in [2.45, 2.75) is 37.8 Å². The van der Waals surface area contributed by atoms with Gasteiger partial charge in [-0.05, 0) is 31.7 Å². The van der Waals surface area contributed by atoms with Gasteiger partial charge in [-0.3, -0.25) is 9.78 Å². The minimum atomic E-state index is -0.306. The van der Waals surface area contributed by atoms with E-state index in [0.717, 1.165) is 30.8 Å². The fraction of sp³-hybridized carbons (Fsp3) is 0.400. The van der Waals surface area contributed by atoms with E-state index in [9.17, 15) is 4.79 Å². The Morgan fingerprint density at radius 1 is 1.29 bits per heavy atom. The molecule has 0 bridgehead atoms. The summed E-state index contributed by atoms with van der Waals surface area (Å²) in [5.74, 6) is -0.306. The molecule has 24 heavy (non-hydrogen) atoms. The first-order valence-corrected chi connectivity index (χ1v) is 8.78. The Hall–Kier alpha value is -2.23. The highest BCUT2D eigenvalue weighted by Gasteiger charge is 2.24. The molecule has 1 fully saturated rings. The molecule has 0 spiro atoms. The molecule has 2 aromatic heterocycles. The smallest absolute Gasteiger partial charge is 0.279 e. The van der Waals surface area contributed by atoms with Gasteiger partial charge >= 0.3 is 0 Å². The number of hydrogen-bond acceptors (Lipinski definition) is 8. The van der Waals surface area contributed by atoms with Gasteiger partial charge in [-0.2, -0.15) is 4.94 Å². The lowest BCUT2D eigenvalue weighted by atomic mass is 9.92. The summed E-state index contributed by atoms with van der Waals surface area (Å²) in [5, 5.41) is 6.25. The number of nitrogens with two attached hydrogens (primary N) is 1. The number of nitrogens with one attached hydrogen (secondary N) is 3. The number of nitrogens with zero attached hydrogens (tertiary/aromatic N) is 2. The predicted molar refractivity (Wildman–Crippen MR) is 91.4 cm³/mol. The topological polar surface area (TPSA) is 114 Å². The van der Waals surface area contributed by atoms with Crippen LogP contribution in [-0.2, 0) is 4.94 Å². The highest BCUT2D eigenvalue weighted by molar-refractivity contribution is 7.14. The monoisotopic (exact) mass is 346 g/mol. The third kappa shape index (κ3) is 2.93. The van der Waals surface area contributed by atoms with Crippen LogP contribution in [0, 0.1) is 0 Å². The molecule has 2 aliphatic rings. The Morgan fingerprint density at radius 3 is 2.96 bits per heavy atom. The number of amides is 1. The van der Waals surface area contributed by atoms with E-state index < -0.39 is 0 Å². The molecule has 0 saturated heterocycles. The zero-order valence-electron chi connectivity index (χ0n) is 12.9. The Balaban J connectivity index is 1.55. The van der Waals surface area contributed by atoms with Crippen molar-refractivity contribution in [1.29, 1.82) is 0 Å². The van der Waals surface area contributed by atoms with Gasteiger partial charge in [0.25, 0.3) is 5.91 Å². The maximum atomic E-state index is 11.8. The number of carbonyl (C=O) groups is 1. The average molecular weight is 346 g/mol. The lowest BCUT2D eigenvalue weighted by Crippen LogP contribution is -2.33. The van der Waals surface area contributed by atoms with Crippen LogP contribution in [0.25, 0.3) is 11.4 Å².